The number of benzene rings is 2. The molecule has 3 aromatic rings. The maximum Gasteiger partial charge on any atom is 0.185 e. The Labute approximate surface area is 91.6 Å². The molecule has 0 aliphatic rings. The second-order valence-corrected chi connectivity index (χ2v) is 3.64. The Morgan fingerprint density at radius 1 is 0.750 bits per heavy atom. The van der Waals surface area contributed by atoms with E-state index < -0.39 is 0 Å². The molecule has 0 amide bonds. The van der Waals surface area contributed by atoms with Gasteiger partial charge in [-0.25, -0.2) is 0 Å². The maximum absolute atomic E-state index is 9.87. The summed E-state index contributed by atoms with van der Waals surface area (Å²) in [6.07, 6.45) is 1.59. The third kappa shape index (κ3) is 1.05. The van der Waals surface area contributed by atoms with Crippen molar-refractivity contribution in [2.24, 2.45) is 0 Å². The van der Waals surface area contributed by atoms with Crippen LogP contribution in [0.1, 0.15) is 0 Å². The number of hydrogen-bond acceptors (Lipinski definition) is 3. The molecule has 1 aromatic heterocycles. The Morgan fingerprint density at radius 2 is 1.44 bits per heavy atom. The van der Waals surface area contributed by atoms with Crippen molar-refractivity contribution in [2.75, 3.05) is 0 Å². The first-order valence-corrected chi connectivity index (χ1v) is 4.96. The van der Waals surface area contributed by atoms with E-state index in [-0.39, 0.29) is 11.5 Å². The largest absolute Gasteiger partial charge is 0.504 e. The number of aromatic hydroxyl groups is 2. The van der Waals surface area contributed by atoms with E-state index in [0.717, 1.165) is 10.8 Å². The summed E-state index contributed by atoms with van der Waals surface area (Å²) in [6.45, 7) is 0. The predicted molar refractivity (Wildman–Crippen MR) is 62.6 cm³/mol. The monoisotopic (exact) mass is 211 g/mol. The molecule has 78 valence electrons. The van der Waals surface area contributed by atoms with Crippen molar-refractivity contribution in [3.8, 4) is 11.5 Å². The van der Waals surface area contributed by atoms with E-state index >= 15 is 0 Å². The lowest BCUT2D eigenvalue weighted by Gasteiger charge is -2.07. The lowest BCUT2D eigenvalue weighted by atomic mass is 10.0. The van der Waals surface area contributed by atoms with Crippen molar-refractivity contribution in [3.05, 3.63) is 42.6 Å². The van der Waals surface area contributed by atoms with Crippen LogP contribution >= 0.6 is 0 Å². The summed E-state index contributed by atoms with van der Waals surface area (Å²) in [5.41, 5.74) is 0.429. The summed E-state index contributed by atoms with van der Waals surface area (Å²) in [6, 6.07) is 11.1. The third-order valence-corrected chi connectivity index (χ3v) is 2.73. The molecule has 0 bridgehead atoms. The van der Waals surface area contributed by atoms with Gasteiger partial charge in [0.2, 0.25) is 0 Å². The molecule has 16 heavy (non-hydrogen) atoms. The maximum atomic E-state index is 9.87. The number of phenols is 2. The van der Waals surface area contributed by atoms with E-state index in [2.05, 4.69) is 4.98 Å². The molecule has 2 N–H and O–H groups in total. The summed E-state index contributed by atoms with van der Waals surface area (Å²) in [4.78, 5) is 4.08. The van der Waals surface area contributed by atoms with Crippen molar-refractivity contribution in [2.45, 2.75) is 0 Å². The van der Waals surface area contributed by atoms with Gasteiger partial charge in [0.15, 0.2) is 11.5 Å². The van der Waals surface area contributed by atoms with Crippen LogP contribution in [0.15, 0.2) is 42.6 Å². The first-order valence-electron chi connectivity index (χ1n) is 4.96. The first-order chi connectivity index (χ1) is 7.79. The van der Waals surface area contributed by atoms with Gasteiger partial charge in [-0.3, -0.25) is 4.98 Å². The Bertz CT molecular complexity index is 631. The number of nitrogens with zero attached hydrogens (tertiary/aromatic N) is 1. The third-order valence-electron chi connectivity index (χ3n) is 2.73. The van der Waals surface area contributed by atoms with Gasteiger partial charge in [-0.15, -0.1) is 0 Å². The number of phenolic OH excluding ortho intramolecular Hbond substituents is 2. The minimum Gasteiger partial charge on any atom is -0.504 e. The average Bonchev–Trinajstić information content (AvgIpc) is 2.36. The highest BCUT2D eigenvalue weighted by Crippen LogP contribution is 2.40. The molecule has 0 atom stereocenters. The molecule has 0 unspecified atom stereocenters. The van der Waals surface area contributed by atoms with Crippen LogP contribution in [-0.4, -0.2) is 15.2 Å². The van der Waals surface area contributed by atoms with Crippen molar-refractivity contribution >= 4 is 21.7 Å². The smallest absolute Gasteiger partial charge is 0.185 e. The fraction of sp³-hybridized carbons (Fsp3) is 0. The summed E-state index contributed by atoms with van der Waals surface area (Å²) in [5.74, 6) is -0.267. The molecule has 3 heteroatoms. The Balaban J connectivity index is 2.69. The number of pyridine rings is 1. The Kier molecular flexibility index (Phi) is 1.74. The highest BCUT2D eigenvalue weighted by molar-refractivity contribution is 6.11. The molecule has 0 fully saturated rings. The van der Waals surface area contributed by atoms with Crippen molar-refractivity contribution < 1.29 is 10.2 Å². The fourth-order valence-electron chi connectivity index (χ4n) is 1.98. The van der Waals surface area contributed by atoms with Gasteiger partial charge < -0.3 is 10.2 Å². The molecular formula is C13H9NO2. The van der Waals surface area contributed by atoms with Crippen molar-refractivity contribution in [3.63, 3.8) is 0 Å². The molecule has 1 heterocycles. The highest BCUT2D eigenvalue weighted by atomic mass is 16.3. The van der Waals surface area contributed by atoms with Gasteiger partial charge in [0.05, 0.1) is 0 Å². The molecule has 0 saturated heterocycles. The van der Waals surface area contributed by atoms with Gasteiger partial charge >= 0.3 is 0 Å². The zero-order valence-electron chi connectivity index (χ0n) is 8.38. The zero-order chi connectivity index (χ0) is 11.1. The lowest BCUT2D eigenvalue weighted by Crippen LogP contribution is -1.83. The first kappa shape index (κ1) is 8.97. The minimum atomic E-state index is -0.158. The highest BCUT2D eigenvalue weighted by Gasteiger charge is 2.12. The summed E-state index contributed by atoms with van der Waals surface area (Å²) >= 11 is 0. The molecule has 3 rings (SSSR count). The van der Waals surface area contributed by atoms with Gasteiger partial charge in [0.25, 0.3) is 0 Å². The summed E-state index contributed by atoms with van der Waals surface area (Å²) in [7, 11) is 0. The molecule has 0 saturated carbocycles. The second-order valence-electron chi connectivity index (χ2n) is 3.64. The van der Waals surface area contributed by atoms with Crippen LogP contribution in [0.3, 0.4) is 0 Å². The Hall–Kier alpha value is -2.29. The second kappa shape index (κ2) is 3.10. The standard InChI is InChI=1S/C13H9NO2/c15-12-10-5-2-1-4-8(10)9-6-3-7-14-11(9)13(12)16/h1-7,15-16H. The van der Waals surface area contributed by atoms with Gasteiger partial charge in [-0.05, 0) is 11.5 Å². The van der Waals surface area contributed by atoms with Crippen LogP contribution in [0.5, 0.6) is 11.5 Å². The van der Waals surface area contributed by atoms with E-state index in [0.29, 0.717) is 10.9 Å². The zero-order valence-corrected chi connectivity index (χ0v) is 8.38. The average molecular weight is 211 g/mol. The quantitative estimate of drug-likeness (QED) is 0.444. The van der Waals surface area contributed by atoms with Gasteiger partial charge in [-0.1, -0.05) is 30.3 Å². The fourth-order valence-corrected chi connectivity index (χ4v) is 1.98. The van der Waals surface area contributed by atoms with E-state index in [9.17, 15) is 10.2 Å². The molecule has 0 aliphatic carbocycles. The van der Waals surface area contributed by atoms with Crippen molar-refractivity contribution in [1.29, 1.82) is 0 Å². The number of fused-ring (bicyclic) bond motifs is 3. The van der Waals surface area contributed by atoms with Gasteiger partial charge in [0, 0.05) is 17.0 Å². The summed E-state index contributed by atoms with van der Waals surface area (Å²) < 4.78 is 0. The predicted octanol–water partition coefficient (Wildman–Crippen LogP) is 2.80. The molecule has 0 aliphatic heterocycles. The van der Waals surface area contributed by atoms with Crippen LogP contribution in [-0.2, 0) is 0 Å². The van der Waals surface area contributed by atoms with Crippen LogP contribution in [0.2, 0.25) is 0 Å². The topological polar surface area (TPSA) is 53.4 Å². The van der Waals surface area contributed by atoms with E-state index in [4.69, 9.17) is 0 Å². The van der Waals surface area contributed by atoms with Crippen LogP contribution in [0.25, 0.3) is 21.7 Å². The van der Waals surface area contributed by atoms with Gasteiger partial charge in [-0.2, -0.15) is 0 Å². The normalized spacial score (nSPS) is 11.0. The number of hydrogen-bond donors (Lipinski definition) is 2. The number of aromatic nitrogens is 1. The van der Waals surface area contributed by atoms with Crippen molar-refractivity contribution in [1.82, 2.24) is 4.98 Å². The van der Waals surface area contributed by atoms with Crippen LogP contribution in [0, 0.1) is 0 Å². The van der Waals surface area contributed by atoms with E-state index in [1.165, 1.54) is 0 Å². The Morgan fingerprint density at radius 3 is 2.25 bits per heavy atom. The molecule has 2 aromatic carbocycles. The molecular weight excluding hydrogens is 202 g/mol. The van der Waals surface area contributed by atoms with E-state index in [1.54, 1.807) is 12.3 Å². The molecule has 3 nitrogen and oxygen atoms in total. The number of rotatable bonds is 0. The minimum absolute atomic E-state index is 0.109. The van der Waals surface area contributed by atoms with Crippen LogP contribution in [0.4, 0.5) is 0 Å². The SMILES string of the molecule is Oc1c(O)c2ncccc2c2ccccc12. The molecule has 0 radical (unpaired) electrons. The lowest BCUT2D eigenvalue weighted by molar-refractivity contribution is 0.412. The molecule has 0 spiro atoms. The van der Waals surface area contributed by atoms with Crippen LogP contribution < -0.4 is 0 Å². The van der Waals surface area contributed by atoms with E-state index in [1.807, 2.05) is 30.3 Å². The van der Waals surface area contributed by atoms with Gasteiger partial charge in [0.1, 0.15) is 5.52 Å². The summed E-state index contributed by atoms with van der Waals surface area (Å²) in [5, 5.41) is 22.1.